The third-order valence-electron chi connectivity index (χ3n) is 5.39. The molecular weight excluding hydrogens is 500 g/mol. The molecule has 1 saturated heterocycles. The summed E-state index contributed by atoms with van der Waals surface area (Å²) in [5.41, 5.74) is 0.945. The number of esters is 1. The maximum Gasteiger partial charge on any atom is 0.352 e. The normalized spacial score (nSPS) is 19.1. The Balaban J connectivity index is 1.39. The fraction of sp³-hybridized carbons (Fsp3) is 0.304. The van der Waals surface area contributed by atoms with Gasteiger partial charge in [0.05, 0.1) is 5.02 Å². The van der Waals surface area contributed by atoms with Gasteiger partial charge >= 0.3 is 11.9 Å². The number of hydrogen-bond acceptors (Lipinski definition) is 8. The fourth-order valence-electron chi connectivity index (χ4n) is 3.72. The number of thioether (sulfide) groups is 1. The number of carboxylic acid groups (broad SMARTS) is 1. The van der Waals surface area contributed by atoms with Crippen molar-refractivity contribution in [3.8, 4) is 5.75 Å². The molecule has 2 atom stereocenters. The summed E-state index contributed by atoms with van der Waals surface area (Å²) in [6, 6.07) is 7.49. The number of nitrogens with zero attached hydrogens (tertiary/aromatic N) is 1. The number of carbonyl (C=O) groups is 4. The molecule has 0 radical (unpaired) electrons. The van der Waals surface area contributed by atoms with Gasteiger partial charge in [0, 0.05) is 18.2 Å². The standard InChI is InChI=1S/C23H21ClN2O8S/c1-11-4-3-5-15(24)19(11)33-9-14-6-7-16(34-14)20(28)25-17-21(29)26-18(23(30)31)13(8-32-12(2)27)10-35-22(17)26/h3-7,17,22H,8-10H2,1-2H3,(H,25,28)(H,30,31)/t17-,22+/m1/s1. The summed E-state index contributed by atoms with van der Waals surface area (Å²) in [6.45, 7) is 2.89. The number of rotatable bonds is 8. The fourth-order valence-corrected chi connectivity index (χ4v) is 5.32. The minimum atomic E-state index is -1.31. The second-order valence-corrected chi connectivity index (χ2v) is 9.35. The summed E-state index contributed by atoms with van der Waals surface area (Å²) < 4.78 is 16.2. The van der Waals surface area contributed by atoms with E-state index in [-0.39, 0.29) is 30.4 Å². The number of furan rings is 1. The van der Waals surface area contributed by atoms with Crippen molar-refractivity contribution in [2.24, 2.45) is 0 Å². The Bertz CT molecular complexity index is 1220. The molecular formula is C23H21ClN2O8S. The van der Waals surface area contributed by atoms with Gasteiger partial charge in [0.25, 0.3) is 11.8 Å². The summed E-state index contributed by atoms with van der Waals surface area (Å²) >= 11 is 7.42. The smallest absolute Gasteiger partial charge is 0.352 e. The lowest BCUT2D eigenvalue weighted by atomic mass is 10.0. The van der Waals surface area contributed by atoms with Gasteiger partial charge in [-0.2, -0.15) is 0 Å². The highest BCUT2D eigenvalue weighted by molar-refractivity contribution is 8.00. The van der Waals surface area contributed by atoms with Gasteiger partial charge in [-0.1, -0.05) is 23.7 Å². The number of aryl methyl sites for hydroxylation is 1. The van der Waals surface area contributed by atoms with E-state index in [1.54, 1.807) is 12.1 Å². The number of nitrogens with one attached hydrogen (secondary N) is 1. The second-order valence-electron chi connectivity index (χ2n) is 7.84. The van der Waals surface area contributed by atoms with Crippen molar-refractivity contribution in [2.45, 2.75) is 31.9 Å². The maximum absolute atomic E-state index is 12.7. The van der Waals surface area contributed by atoms with Gasteiger partial charge in [-0.15, -0.1) is 11.8 Å². The van der Waals surface area contributed by atoms with Gasteiger partial charge in [-0.25, -0.2) is 4.79 Å². The lowest BCUT2D eigenvalue weighted by molar-refractivity contribution is -0.149. The van der Waals surface area contributed by atoms with Gasteiger partial charge in [-0.05, 0) is 30.7 Å². The van der Waals surface area contributed by atoms with E-state index in [1.807, 2.05) is 19.1 Å². The van der Waals surface area contributed by atoms with Crippen LogP contribution in [0.3, 0.4) is 0 Å². The molecule has 0 saturated carbocycles. The van der Waals surface area contributed by atoms with Crippen LogP contribution in [0.15, 0.2) is 46.0 Å². The van der Waals surface area contributed by atoms with E-state index in [1.165, 1.54) is 24.8 Å². The molecule has 2 N–H and O–H groups in total. The van der Waals surface area contributed by atoms with Crippen LogP contribution in [0.1, 0.15) is 28.8 Å². The van der Waals surface area contributed by atoms with E-state index in [0.717, 1.165) is 10.5 Å². The maximum atomic E-state index is 12.7. The largest absolute Gasteiger partial charge is 0.484 e. The van der Waals surface area contributed by atoms with E-state index >= 15 is 0 Å². The number of carboxylic acids is 1. The van der Waals surface area contributed by atoms with E-state index in [9.17, 15) is 24.3 Å². The number of fused-ring (bicyclic) bond motifs is 1. The predicted octanol–water partition coefficient (Wildman–Crippen LogP) is 2.74. The molecule has 0 aliphatic carbocycles. The summed E-state index contributed by atoms with van der Waals surface area (Å²) in [6.07, 6.45) is 0. The Labute approximate surface area is 209 Å². The monoisotopic (exact) mass is 520 g/mol. The van der Waals surface area contributed by atoms with Crippen LogP contribution in [0.4, 0.5) is 0 Å². The second kappa shape index (κ2) is 10.0. The van der Waals surface area contributed by atoms with Crippen LogP contribution in [0, 0.1) is 6.92 Å². The van der Waals surface area contributed by atoms with E-state index in [4.69, 9.17) is 25.5 Å². The third kappa shape index (κ3) is 5.01. The highest BCUT2D eigenvalue weighted by atomic mass is 35.5. The zero-order valence-electron chi connectivity index (χ0n) is 18.7. The van der Waals surface area contributed by atoms with E-state index in [0.29, 0.717) is 22.1 Å². The average molecular weight is 521 g/mol. The predicted molar refractivity (Wildman–Crippen MR) is 125 cm³/mol. The number of halogens is 1. The van der Waals surface area contributed by atoms with Gasteiger partial charge in [0.1, 0.15) is 41.8 Å². The molecule has 3 heterocycles. The molecule has 0 spiro atoms. The first-order valence-electron chi connectivity index (χ1n) is 10.5. The SMILES string of the molecule is CC(=O)OCC1=C(C(=O)O)N2C(=O)[C@@H](NC(=O)c3ccc(COc4c(C)cccc4Cl)o3)[C@@H]2SC1. The highest BCUT2D eigenvalue weighted by Crippen LogP contribution is 2.40. The molecule has 12 heteroatoms. The van der Waals surface area contributed by atoms with Crippen molar-refractivity contribution in [3.05, 3.63) is 63.7 Å². The van der Waals surface area contributed by atoms with E-state index in [2.05, 4.69) is 5.32 Å². The molecule has 1 fully saturated rings. The van der Waals surface area contributed by atoms with Crippen molar-refractivity contribution >= 4 is 47.1 Å². The molecule has 184 valence electrons. The van der Waals surface area contributed by atoms with Gasteiger partial charge in [-0.3, -0.25) is 19.3 Å². The summed E-state index contributed by atoms with van der Waals surface area (Å²) in [5, 5.41) is 12.1. The third-order valence-corrected chi connectivity index (χ3v) is 7.03. The Hall–Kier alpha value is -3.44. The average Bonchev–Trinajstić information content (AvgIpc) is 3.29. The molecule has 1 aromatic heterocycles. The van der Waals surface area contributed by atoms with Crippen molar-refractivity contribution in [1.29, 1.82) is 0 Å². The van der Waals surface area contributed by atoms with Crippen LogP contribution in [0.2, 0.25) is 5.02 Å². The van der Waals surface area contributed by atoms with Gasteiger partial charge < -0.3 is 24.3 Å². The zero-order valence-corrected chi connectivity index (χ0v) is 20.3. The molecule has 4 rings (SSSR count). The van der Waals surface area contributed by atoms with E-state index < -0.39 is 35.2 Å². The summed E-state index contributed by atoms with van der Waals surface area (Å²) in [4.78, 5) is 49.4. The Kier molecular flexibility index (Phi) is 7.08. The molecule has 2 amide bonds. The minimum Gasteiger partial charge on any atom is -0.484 e. The Morgan fingerprint density at radius 3 is 2.71 bits per heavy atom. The first kappa shape index (κ1) is 24.7. The zero-order chi connectivity index (χ0) is 25.3. The quantitative estimate of drug-likeness (QED) is 0.397. The van der Waals surface area contributed by atoms with Crippen molar-refractivity contribution < 1.29 is 38.2 Å². The lowest BCUT2D eigenvalue weighted by Gasteiger charge is -2.49. The number of amides is 2. The number of β-lactam (4-membered cyclic amide) rings is 1. The van der Waals surface area contributed by atoms with Crippen LogP contribution in [-0.4, -0.2) is 57.5 Å². The number of hydrogen-bond donors (Lipinski definition) is 2. The van der Waals surface area contributed by atoms with Crippen molar-refractivity contribution in [2.75, 3.05) is 12.4 Å². The van der Waals surface area contributed by atoms with Crippen LogP contribution in [-0.2, 0) is 25.7 Å². The number of benzene rings is 1. The molecule has 2 aromatic rings. The molecule has 1 aromatic carbocycles. The molecule has 10 nitrogen and oxygen atoms in total. The van der Waals surface area contributed by atoms with Crippen molar-refractivity contribution in [3.63, 3.8) is 0 Å². The van der Waals surface area contributed by atoms with Gasteiger partial charge in [0.2, 0.25) is 0 Å². The lowest BCUT2D eigenvalue weighted by Crippen LogP contribution is -2.70. The van der Waals surface area contributed by atoms with Crippen molar-refractivity contribution in [1.82, 2.24) is 10.2 Å². The molecule has 2 aliphatic heterocycles. The molecule has 35 heavy (non-hydrogen) atoms. The molecule has 0 bridgehead atoms. The Morgan fingerprint density at radius 1 is 1.26 bits per heavy atom. The highest BCUT2D eigenvalue weighted by Gasteiger charge is 2.54. The summed E-state index contributed by atoms with van der Waals surface area (Å²) in [5.74, 6) is -1.93. The molecule has 0 unspecified atom stereocenters. The van der Waals surface area contributed by atoms with Gasteiger partial charge in [0.15, 0.2) is 5.76 Å². The number of ether oxygens (including phenoxy) is 2. The molecule has 2 aliphatic rings. The minimum absolute atomic E-state index is 0.0175. The number of carbonyl (C=O) groups excluding carboxylic acids is 3. The van der Waals surface area contributed by atoms with Crippen LogP contribution in [0.5, 0.6) is 5.75 Å². The first-order valence-corrected chi connectivity index (χ1v) is 11.9. The van der Waals surface area contributed by atoms with Crippen LogP contribution < -0.4 is 10.1 Å². The topological polar surface area (TPSA) is 135 Å². The summed E-state index contributed by atoms with van der Waals surface area (Å²) in [7, 11) is 0. The first-order chi connectivity index (χ1) is 16.7. The Morgan fingerprint density at radius 2 is 2.03 bits per heavy atom. The number of para-hydroxylation sites is 1. The number of aliphatic carboxylic acids is 1. The van der Waals surface area contributed by atoms with Crippen LogP contribution >= 0.6 is 23.4 Å². The van der Waals surface area contributed by atoms with Crippen LogP contribution in [0.25, 0.3) is 0 Å².